The number of likely N-dealkylation sites (tertiary alicyclic amines) is 1. The first-order valence-electron chi connectivity index (χ1n) is 7.80. The van der Waals surface area contributed by atoms with Crippen molar-refractivity contribution in [3.63, 3.8) is 0 Å². The standard InChI is InChI=1S/C17H24N2OS/c1-2-5-15-6-3-4-11-19(15)16(20)12-13-7-9-14(10-8-13)17(18)21/h7-10,15H,2-6,11-12H2,1H3,(H2,18,21). The van der Waals surface area contributed by atoms with Gasteiger partial charge in [-0.2, -0.15) is 0 Å². The summed E-state index contributed by atoms with van der Waals surface area (Å²) in [7, 11) is 0. The highest BCUT2D eigenvalue weighted by atomic mass is 32.1. The molecule has 1 aromatic rings. The Kier molecular flexibility index (Phi) is 5.74. The lowest BCUT2D eigenvalue weighted by Gasteiger charge is -2.36. The zero-order valence-corrected chi connectivity index (χ0v) is 13.5. The Labute approximate surface area is 132 Å². The van der Waals surface area contributed by atoms with E-state index in [9.17, 15) is 4.79 Å². The van der Waals surface area contributed by atoms with Gasteiger partial charge >= 0.3 is 0 Å². The average molecular weight is 304 g/mol. The molecule has 0 spiro atoms. The Morgan fingerprint density at radius 1 is 1.33 bits per heavy atom. The molecule has 1 heterocycles. The van der Waals surface area contributed by atoms with Crippen molar-refractivity contribution in [1.82, 2.24) is 4.90 Å². The second-order valence-corrected chi connectivity index (χ2v) is 6.20. The van der Waals surface area contributed by atoms with Gasteiger partial charge in [0.25, 0.3) is 0 Å². The van der Waals surface area contributed by atoms with Crippen molar-refractivity contribution in [3.8, 4) is 0 Å². The highest BCUT2D eigenvalue weighted by Gasteiger charge is 2.25. The third-order valence-corrected chi connectivity index (χ3v) is 4.40. The minimum atomic E-state index is 0.247. The molecule has 1 fully saturated rings. The molecule has 0 aromatic heterocycles. The summed E-state index contributed by atoms with van der Waals surface area (Å²) in [5, 5.41) is 0. The highest BCUT2D eigenvalue weighted by molar-refractivity contribution is 7.80. The molecule has 1 unspecified atom stereocenters. The molecule has 1 atom stereocenters. The van der Waals surface area contributed by atoms with Crippen LogP contribution in [0.2, 0.25) is 0 Å². The van der Waals surface area contributed by atoms with Crippen molar-refractivity contribution in [2.45, 2.75) is 51.5 Å². The van der Waals surface area contributed by atoms with Gasteiger partial charge in [0, 0.05) is 18.2 Å². The summed E-state index contributed by atoms with van der Waals surface area (Å²) >= 11 is 4.94. The number of rotatable bonds is 5. The fourth-order valence-electron chi connectivity index (χ4n) is 3.03. The number of nitrogens with two attached hydrogens (primary N) is 1. The van der Waals surface area contributed by atoms with Gasteiger partial charge in [0.2, 0.25) is 5.91 Å². The summed E-state index contributed by atoms with van der Waals surface area (Å²) < 4.78 is 0. The Morgan fingerprint density at radius 2 is 2.05 bits per heavy atom. The topological polar surface area (TPSA) is 46.3 Å². The van der Waals surface area contributed by atoms with Gasteiger partial charge in [-0.25, -0.2) is 0 Å². The number of piperidine rings is 1. The SMILES string of the molecule is CCCC1CCCCN1C(=O)Cc1ccc(C(N)=S)cc1. The van der Waals surface area contributed by atoms with Gasteiger partial charge < -0.3 is 10.6 Å². The van der Waals surface area contributed by atoms with E-state index in [0.717, 1.165) is 43.4 Å². The van der Waals surface area contributed by atoms with Gasteiger partial charge in [-0.15, -0.1) is 0 Å². The molecule has 0 bridgehead atoms. The van der Waals surface area contributed by atoms with Crippen LogP contribution >= 0.6 is 12.2 Å². The predicted octanol–water partition coefficient (Wildman–Crippen LogP) is 3.04. The predicted molar refractivity (Wildman–Crippen MR) is 90.3 cm³/mol. The molecule has 1 aliphatic rings. The minimum absolute atomic E-state index is 0.247. The van der Waals surface area contributed by atoms with Crippen molar-refractivity contribution in [2.75, 3.05) is 6.54 Å². The quantitative estimate of drug-likeness (QED) is 0.851. The molecule has 2 rings (SSSR count). The molecule has 1 aliphatic heterocycles. The maximum absolute atomic E-state index is 12.5. The van der Waals surface area contributed by atoms with E-state index < -0.39 is 0 Å². The second kappa shape index (κ2) is 7.55. The van der Waals surface area contributed by atoms with Crippen LogP contribution in [0.1, 0.15) is 50.2 Å². The molecule has 3 nitrogen and oxygen atoms in total. The molecule has 1 saturated heterocycles. The van der Waals surface area contributed by atoms with Crippen molar-refractivity contribution in [3.05, 3.63) is 35.4 Å². The molecule has 2 N–H and O–H groups in total. The van der Waals surface area contributed by atoms with Crippen LogP contribution < -0.4 is 5.73 Å². The number of carbonyl (C=O) groups is 1. The first-order chi connectivity index (χ1) is 10.1. The van der Waals surface area contributed by atoms with Gasteiger partial charge in [-0.05, 0) is 31.2 Å². The number of carbonyl (C=O) groups excluding carboxylic acids is 1. The van der Waals surface area contributed by atoms with Crippen LogP contribution in [0.3, 0.4) is 0 Å². The first-order valence-corrected chi connectivity index (χ1v) is 8.21. The molecule has 1 amide bonds. The summed E-state index contributed by atoms with van der Waals surface area (Å²) in [6.45, 7) is 3.10. The van der Waals surface area contributed by atoms with Crippen molar-refractivity contribution in [2.24, 2.45) is 5.73 Å². The van der Waals surface area contributed by atoms with Crippen molar-refractivity contribution < 1.29 is 4.79 Å². The minimum Gasteiger partial charge on any atom is -0.389 e. The second-order valence-electron chi connectivity index (χ2n) is 5.76. The highest BCUT2D eigenvalue weighted by Crippen LogP contribution is 2.22. The number of benzene rings is 1. The molecule has 0 radical (unpaired) electrons. The van der Waals surface area contributed by atoms with Gasteiger partial charge in [-0.3, -0.25) is 4.79 Å². The Bertz CT molecular complexity index is 496. The number of hydrogen-bond donors (Lipinski definition) is 1. The Hall–Kier alpha value is -1.42. The number of hydrogen-bond acceptors (Lipinski definition) is 2. The lowest BCUT2D eigenvalue weighted by atomic mass is 9.97. The Balaban J connectivity index is 2.00. The maximum Gasteiger partial charge on any atom is 0.227 e. The zero-order valence-electron chi connectivity index (χ0n) is 12.7. The first kappa shape index (κ1) is 16.0. The molecule has 0 aliphatic carbocycles. The van der Waals surface area contributed by atoms with E-state index in [1.54, 1.807) is 0 Å². The van der Waals surface area contributed by atoms with Crippen LogP contribution in [0.4, 0.5) is 0 Å². The zero-order chi connectivity index (χ0) is 15.2. The summed E-state index contributed by atoms with van der Waals surface area (Å²) in [5.41, 5.74) is 7.47. The molecule has 114 valence electrons. The van der Waals surface area contributed by atoms with Crippen LogP contribution in [0.5, 0.6) is 0 Å². The molecule has 1 aromatic carbocycles. The van der Waals surface area contributed by atoms with E-state index >= 15 is 0 Å². The lowest BCUT2D eigenvalue weighted by molar-refractivity contribution is -0.134. The van der Waals surface area contributed by atoms with E-state index in [1.807, 2.05) is 24.3 Å². The summed E-state index contributed by atoms with van der Waals surface area (Å²) in [4.78, 5) is 15.0. The smallest absolute Gasteiger partial charge is 0.227 e. The molecular weight excluding hydrogens is 280 g/mol. The van der Waals surface area contributed by atoms with Gasteiger partial charge in [0.05, 0.1) is 6.42 Å². The normalized spacial score (nSPS) is 18.5. The molecule has 4 heteroatoms. The third kappa shape index (κ3) is 4.27. The van der Waals surface area contributed by atoms with Crippen LogP contribution in [0, 0.1) is 0 Å². The third-order valence-electron chi connectivity index (χ3n) is 4.16. The fourth-order valence-corrected chi connectivity index (χ4v) is 3.16. The lowest BCUT2D eigenvalue weighted by Crippen LogP contribution is -2.44. The van der Waals surface area contributed by atoms with Crippen molar-refractivity contribution >= 4 is 23.1 Å². The van der Waals surface area contributed by atoms with Crippen LogP contribution in [-0.4, -0.2) is 28.4 Å². The monoisotopic (exact) mass is 304 g/mol. The molecule has 0 saturated carbocycles. The number of amides is 1. The van der Waals surface area contributed by atoms with Gasteiger partial charge in [0.15, 0.2) is 0 Å². The maximum atomic E-state index is 12.5. The number of thiocarbonyl (C=S) groups is 1. The molecular formula is C17H24N2OS. The van der Waals surface area contributed by atoms with E-state index in [4.69, 9.17) is 18.0 Å². The fraction of sp³-hybridized carbons (Fsp3) is 0.529. The van der Waals surface area contributed by atoms with Gasteiger partial charge in [0.1, 0.15) is 4.99 Å². The van der Waals surface area contributed by atoms with Crippen LogP contribution in [0.25, 0.3) is 0 Å². The van der Waals surface area contributed by atoms with Crippen LogP contribution in [-0.2, 0) is 11.2 Å². The summed E-state index contributed by atoms with van der Waals surface area (Å²) in [6.07, 6.45) is 6.25. The molecule has 21 heavy (non-hydrogen) atoms. The average Bonchev–Trinajstić information content (AvgIpc) is 2.48. The summed E-state index contributed by atoms with van der Waals surface area (Å²) in [5.74, 6) is 0.247. The van der Waals surface area contributed by atoms with Crippen molar-refractivity contribution in [1.29, 1.82) is 0 Å². The van der Waals surface area contributed by atoms with E-state index in [1.165, 1.54) is 6.42 Å². The van der Waals surface area contributed by atoms with Crippen LogP contribution in [0.15, 0.2) is 24.3 Å². The van der Waals surface area contributed by atoms with E-state index in [0.29, 0.717) is 17.5 Å². The number of nitrogens with zero attached hydrogens (tertiary/aromatic N) is 1. The largest absolute Gasteiger partial charge is 0.389 e. The summed E-state index contributed by atoms with van der Waals surface area (Å²) in [6, 6.07) is 8.12. The van der Waals surface area contributed by atoms with Gasteiger partial charge in [-0.1, -0.05) is 49.8 Å². The van der Waals surface area contributed by atoms with E-state index in [2.05, 4.69) is 11.8 Å². The Morgan fingerprint density at radius 3 is 2.67 bits per heavy atom. The van der Waals surface area contributed by atoms with E-state index in [-0.39, 0.29) is 5.91 Å².